The number of benzene rings is 1. The van der Waals surface area contributed by atoms with Crippen molar-refractivity contribution in [2.45, 2.75) is 38.7 Å². The molecular weight excluding hydrogens is 236 g/mol. The van der Waals surface area contributed by atoms with Gasteiger partial charge in [0.15, 0.2) is 0 Å². The maximum absolute atomic E-state index is 11.2. The molecule has 2 rings (SSSR count). The molecule has 0 aliphatic heterocycles. The van der Waals surface area contributed by atoms with E-state index >= 15 is 0 Å². The van der Waals surface area contributed by atoms with Gasteiger partial charge in [0.1, 0.15) is 5.78 Å². The minimum atomic E-state index is 0.418. The zero-order valence-electron chi connectivity index (χ0n) is 11.6. The van der Waals surface area contributed by atoms with Crippen LogP contribution in [0.1, 0.15) is 36.8 Å². The van der Waals surface area contributed by atoms with Crippen LogP contribution in [0, 0.1) is 5.92 Å². The molecule has 2 nitrogen and oxygen atoms in total. The fourth-order valence-electron chi connectivity index (χ4n) is 2.59. The molecule has 1 aliphatic carbocycles. The van der Waals surface area contributed by atoms with Crippen molar-refractivity contribution in [1.82, 2.24) is 0 Å². The SMILES string of the molecule is COCc1cccc(CC/C=C/C2CCC(=O)C2)c1. The summed E-state index contributed by atoms with van der Waals surface area (Å²) in [7, 11) is 1.72. The third-order valence-corrected chi connectivity index (χ3v) is 3.59. The standard InChI is InChI=1S/C17H22O2/c1-19-13-16-8-4-7-14(11-16)5-2-3-6-15-9-10-17(18)12-15/h3-4,6-8,11,15H,2,5,9-10,12-13H2,1H3/b6-3+. The fraction of sp³-hybridized carbons (Fsp3) is 0.471. The Kier molecular flexibility index (Phi) is 5.34. The van der Waals surface area contributed by atoms with Gasteiger partial charge >= 0.3 is 0 Å². The zero-order valence-corrected chi connectivity index (χ0v) is 11.6. The average molecular weight is 258 g/mol. The molecule has 1 aromatic rings. The molecule has 1 aliphatic rings. The van der Waals surface area contributed by atoms with Crippen molar-refractivity contribution >= 4 is 5.78 Å². The van der Waals surface area contributed by atoms with Crippen LogP contribution in [0.5, 0.6) is 0 Å². The summed E-state index contributed by atoms with van der Waals surface area (Å²) >= 11 is 0. The van der Waals surface area contributed by atoms with Gasteiger partial charge in [0.25, 0.3) is 0 Å². The monoisotopic (exact) mass is 258 g/mol. The van der Waals surface area contributed by atoms with E-state index in [4.69, 9.17) is 4.74 Å². The van der Waals surface area contributed by atoms with Gasteiger partial charge in [0, 0.05) is 20.0 Å². The molecule has 0 saturated heterocycles. The highest BCUT2D eigenvalue weighted by molar-refractivity contribution is 5.80. The lowest BCUT2D eigenvalue weighted by molar-refractivity contribution is -0.117. The Hall–Kier alpha value is -1.41. The Labute approximate surface area is 115 Å². The van der Waals surface area contributed by atoms with Crippen LogP contribution in [0.2, 0.25) is 0 Å². The molecule has 1 saturated carbocycles. The summed E-state index contributed by atoms with van der Waals surface area (Å²) in [5.41, 5.74) is 2.58. The molecule has 2 heteroatoms. The van der Waals surface area contributed by atoms with Gasteiger partial charge in [-0.25, -0.2) is 0 Å². The van der Waals surface area contributed by atoms with Crippen LogP contribution in [0.15, 0.2) is 36.4 Å². The highest BCUT2D eigenvalue weighted by atomic mass is 16.5. The van der Waals surface area contributed by atoms with Crippen LogP contribution in [-0.4, -0.2) is 12.9 Å². The van der Waals surface area contributed by atoms with Crippen molar-refractivity contribution in [3.63, 3.8) is 0 Å². The van der Waals surface area contributed by atoms with Crippen LogP contribution in [0.4, 0.5) is 0 Å². The number of methoxy groups -OCH3 is 1. The second kappa shape index (κ2) is 7.25. The van der Waals surface area contributed by atoms with Crippen molar-refractivity contribution in [3.05, 3.63) is 47.5 Å². The van der Waals surface area contributed by atoms with E-state index in [0.717, 1.165) is 32.1 Å². The predicted molar refractivity (Wildman–Crippen MR) is 77.0 cm³/mol. The van der Waals surface area contributed by atoms with Gasteiger partial charge in [-0.2, -0.15) is 0 Å². The first-order valence-corrected chi connectivity index (χ1v) is 7.03. The van der Waals surface area contributed by atoms with Crippen molar-refractivity contribution < 1.29 is 9.53 Å². The maximum atomic E-state index is 11.2. The topological polar surface area (TPSA) is 26.3 Å². The van der Waals surface area contributed by atoms with E-state index in [1.165, 1.54) is 11.1 Å². The lowest BCUT2D eigenvalue weighted by Crippen LogP contribution is -1.92. The van der Waals surface area contributed by atoms with Gasteiger partial charge in [0.05, 0.1) is 6.61 Å². The first kappa shape index (κ1) is 14.0. The van der Waals surface area contributed by atoms with E-state index in [1.54, 1.807) is 7.11 Å². The van der Waals surface area contributed by atoms with Gasteiger partial charge in [-0.1, -0.05) is 36.4 Å². The number of allylic oxidation sites excluding steroid dienone is 2. The van der Waals surface area contributed by atoms with Crippen LogP contribution >= 0.6 is 0 Å². The Morgan fingerprint density at radius 3 is 2.95 bits per heavy atom. The summed E-state index contributed by atoms with van der Waals surface area (Å²) < 4.78 is 5.14. The van der Waals surface area contributed by atoms with Crippen LogP contribution in [-0.2, 0) is 22.6 Å². The predicted octanol–water partition coefficient (Wildman–Crippen LogP) is 3.69. The molecule has 1 fully saturated rings. The normalized spacial score (nSPS) is 19.4. The second-order valence-electron chi connectivity index (χ2n) is 5.26. The molecule has 0 radical (unpaired) electrons. The Morgan fingerprint density at radius 2 is 2.21 bits per heavy atom. The molecule has 19 heavy (non-hydrogen) atoms. The van der Waals surface area contributed by atoms with Gasteiger partial charge in [0.2, 0.25) is 0 Å². The minimum absolute atomic E-state index is 0.418. The van der Waals surface area contributed by atoms with Gasteiger partial charge < -0.3 is 4.74 Å². The van der Waals surface area contributed by atoms with E-state index < -0.39 is 0 Å². The van der Waals surface area contributed by atoms with Crippen LogP contribution < -0.4 is 0 Å². The number of ether oxygens (including phenoxy) is 1. The number of hydrogen-bond donors (Lipinski definition) is 0. The lowest BCUT2D eigenvalue weighted by atomic mass is 10.0. The van der Waals surface area contributed by atoms with Crippen molar-refractivity contribution in [2.24, 2.45) is 5.92 Å². The molecule has 1 atom stereocenters. The summed E-state index contributed by atoms with van der Waals surface area (Å²) in [6.07, 6.45) is 9.11. The van der Waals surface area contributed by atoms with E-state index in [-0.39, 0.29) is 0 Å². The summed E-state index contributed by atoms with van der Waals surface area (Å²) in [6, 6.07) is 8.54. The van der Waals surface area contributed by atoms with E-state index in [2.05, 4.69) is 36.4 Å². The van der Waals surface area contributed by atoms with E-state index in [9.17, 15) is 4.79 Å². The van der Waals surface area contributed by atoms with Gasteiger partial charge in [-0.15, -0.1) is 0 Å². The average Bonchev–Trinajstić information content (AvgIpc) is 2.82. The minimum Gasteiger partial charge on any atom is -0.380 e. The highest BCUT2D eigenvalue weighted by Gasteiger charge is 2.18. The summed E-state index contributed by atoms with van der Waals surface area (Å²) in [4.78, 5) is 11.2. The third kappa shape index (κ3) is 4.64. The molecular formula is C17H22O2. The summed E-state index contributed by atoms with van der Waals surface area (Å²) in [5, 5.41) is 0. The Morgan fingerprint density at radius 1 is 1.37 bits per heavy atom. The van der Waals surface area contributed by atoms with Crippen LogP contribution in [0.25, 0.3) is 0 Å². The molecule has 0 aromatic heterocycles. The first-order chi connectivity index (χ1) is 9.28. The smallest absolute Gasteiger partial charge is 0.133 e. The second-order valence-corrected chi connectivity index (χ2v) is 5.26. The zero-order chi connectivity index (χ0) is 13.5. The van der Waals surface area contributed by atoms with Gasteiger partial charge in [-0.3, -0.25) is 4.79 Å². The fourth-order valence-corrected chi connectivity index (χ4v) is 2.59. The number of Topliss-reactive ketones (excluding diaryl/α,β-unsaturated/α-hetero) is 1. The van der Waals surface area contributed by atoms with Crippen molar-refractivity contribution in [2.75, 3.05) is 7.11 Å². The van der Waals surface area contributed by atoms with E-state index in [1.807, 2.05) is 0 Å². The molecule has 1 aromatic carbocycles. The van der Waals surface area contributed by atoms with Gasteiger partial charge in [-0.05, 0) is 36.3 Å². The quantitative estimate of drug-likeness (QED) is 0.727. The molecule has 0 heterocycles. The summed E-state index contributed by atoms with van der Waals surface area (Å²) in [6.45, 7) is 0.674. The first-order valence-electron chi connectivity index (χ1n) is 7.03. The number of aryl methyl sites for hydroxylation is 1. The largest absolute Gasteiger partial charge is 0.380 e. The molecule has 102 valence electrons. The van der Waals surface area contributed by atoms with E-state index in [0.29, 0.717) is 18.3 Å². The molecule has 1 unspecified atom stereocenters. The highest BCUT2D eigenvalue weighted by Crippen LogP contribution is 2.23. The number of carbonyl (C=O) groups is 1. The molecule has 0 bridgehead atoms. The lowest BCUT2D eigenvalue weighted by Gasteiger charge is -2.04. The Balaban J connectivity index is 1.77. The molecule has 0 spiro atoms. The third-order valence-electron chi connectivity index (χ3n) is 3.59. The number of carbonyl (C=O) groups excluding carboxylic acids is 1. The number of ketones is 1. The number of hydrogen-bond acceptors (Lipinski definition) is 2. The van der Waals surface area contributed by atoms with Crippen molar-refractivity contribution in [3.8, 4) is 0 Å². The molecule has 0 amide bonds. The molecule has 0 N–H and O–H groups in total. The maximum Gasteiger partial charge on any atom is 0.133 e. The van der Waals surface area contributed by atoms with Crippen LogP contribution in [0.3, 0.4) is 0 Å². The Bertz CT molecular complexity index is 448. The van der Waals surface area contributed by atoms with Crippen molar-refractivity contribution in [1.29, 1.82) is 0 Å². The number of rotatable bonds is 6. The summed E-state index contributed by atoms with van der Waals surface area (Å²) in [5.74, 6) is 0.911.